The minimum Gasteiger partial charge on any atom is -0.310 e. The van der Waals surface area contributed by atoms with Gasteiger partial charge in [0, 0.05) is 33.5 Å². The molecule has 0 N–H and O–H groups in total. The summed E-state index contributed by atoms with van der Waals surface area (Å²) in [6.07, 6.45) is 0. The molecule has 236 valence electrons. The van der Waals surface area contributed by atoms with Crippen LogP contribution in [0.5, 0.6) is 0 Å². The predicted molar refractivity (Wildman–Crippen MR) is 212 cm³/mol. The van der Waals surface area contributed by atoms with Crippen LogP contribution in [0.15, 0.2) is 206 Å². The number of fused-ring (bicyclic) bond motifs is 3. The van der Waals surface area contributed by atoms with Gasteiger partial charge in [-0.2, -0.15) is 0 Å². The maximum Gasteiger partial charge on any atom is 0.0547 e. The third-order valence-corrected chi connectivity index (χ3v) is 9.58. The first-order chi connectivity index (χ1) is 24.8. The average molecular weight is 639 g/mol. The van der Waals surface area contributed by atoms with Crippen LogP contribution in [0.4, 0.5) is 17.1 Å². The van der Waals surface area contributed by atoms with Gasteiger partial charge in [-0.05, 0) is 94.0 Å². The van der Waals surface area contributed by atoms with E-state index in [4.69, 9.17) is 0 Å². The molecule has 0 saturated carbocycles. The predicted octanol–water partition coefficient (Wildman–Crippen LogP) is 13.3. The monoisotopic (exact) mass is 638 g/mol. The molecule has 8 aromatic carbocycles. The zero-order valence-corrected chi connectivity index (χ0v) is 27.5. The molecule has 2 nitrogen and oxygen atoms in total. The molecule has 1 aromatic heterocycles. The van der Waals surface area contributed by atoms with Gasteiger partial charge in [0.15, 0.2) is 0 Å². The number of benzene rings is 8. The molecule has 0 amide bonds. The highest BCUT2D eigenvalue weighted by Crippen LogP contribution is 2.43. The van der Waals surface area contributed by atoms with E-state index in [1.807, 2.05) is 0 Å². The van der Waals surface area contributed by atoms with Crippen molar-refractivity contribution < 1.29 is 0 Å². The summed E-state index contributed by atoms with van der Waals surface area (Å²) in [7, 11) is 0. The average Bonchev–Trinajstić information content (AvgIpc) is 3.54. The van der Waals surface area contributed by atoms with Gasteiger partial charge in [-0.1, -0.05) is 146 Å². The molecule has 0 aliphatic rings. The first-order valence-corrected chi connectivity index (χ1v) is 17.1. The number of aromatic nitrogens is 1. The van der Waals surface area contributed by atoms with Crippen LogP contribution in [0.1, 0.15) is 0 Å². The standard InChI is InChI=1S/C48H34N2/c1-5-15-35(16-6-1)37-27-29-38(30-28-37)44-25-14-26-47-48(44)45-34-43(31-32-46(45)50(47)41-22-11-4-12-23-41)49(40-20-9-3-10-21-40)42-24-13-19-39(33-42)36-17-7-2-8-18-36/h1-34H. The molecule has 0 aliphatic heterocycles. The lowest BCUT2D eigenvalue weighted by Gasteiger charge is -2.26. The van der Waals surface area contributed by atoms with Gasteiger partial charge >= 0.3 is 0 Å². The second kappa shape index (κ2) is 12.8. The lowest BCUT2D eigenvalue weighted by Crippen LogP contribution is -2.09. The Balaban J connectivity index is 1.27. The third kappa shape index (κ3) is 5.34. The molecule has 0 atom stereocenters. The van der Waals surface area contributed by atoms with E-state index in [1.54, 1.807) is 0 Å². The van der Waals surface area contributed by atoms with E-state index in [0.717, 1.165) is 22.7 Å². The van der Waals surface area contributed by atoms with E-state index < -0.39 is 0 Å². The molecule has 9 aromatic rings. The number of hydrogen-bond donors (Lipinski definition) is 0. The zero-order valence-electron chi connectivity index (χ0n) is 27.5. The first kappa shape index (κ1) is 29.5. The Kier molecular flexibility index (Phi) is 7.53. The van der Waals surface area contributed by atoms with E-state index in [0.29, 0.717) is 0 Å². The molecular weight excluding hydrogens is 605 g/mol. The van der Waals surface area contributed by atoms with Gasteiger partial charge in [-0.3, -0.25) is 0 Å². The summed E-state index contributed by atoms with van der Waals surface area (Å²) in [5, 5.41) is 2.45. The highest BCUT2D eigenvalue weighted by molar-refractivity contribution is 6.16. The summed E-state index contributed by atoms with van der Waals surface area (Å²) in [6, 6.07) is 74.0. The van der Waals surface area contributed by atoms with Crippen LogP contribution in [0, 0.1) is 0 Å². The summed E-state index contributed by atoms with van der Waals surface area (Å²) in [5.41, 5.74) is 14.1. The van der Waals surface area contributed by atoms with E-state index in [9.17, 15) is 0 Å². The first-order valence-electron chi connectivity index (χ1n) is 17.1. The van der Waals surface area contributed by atoms with Crippen molar-refractivity contribution in [3.8, 4) is 39.1 Å². The fourth-order valence-corrected chi connectivity index (χ4v) is 7.25. The van der Waals surface area contributed by atoms with Crippen LogP contribution in [0.25, 0.3) is 60.9 Å². The maximum atomic E-state index is 2.40. The number of anilines is 3. The van der Waals surface area contributed by atoms with E-state index in [-0.39, 0.29) is 0 Å². The van der Waals surface area contributed by atoms with Crippen molar-refractivity contribution in [2.24, 2.45) is 0 Å². The SMILES string of the molecule is c1ccc(-c2ccc(-c3cccc4c3c3cc(N(c5ccccc5)c5cccc(-c6ccccc6)c5)ccc3n4-c3ccccc3)cc2)cc1. The van der Waals surface area contributed by atoms with Gasteiger partial charge in [0.2, 0.25) is 0 Å². The quantitative estimate of drug-likeness (QED) is 0.169. The molecule has 0 fully saturated rings. The molecule has 0 unspecified atom stereocenters. The van der Waals surface area contributed by atoms with Crippen molar-refractivity contribution in [1.82, 2.24) is 4.57 Å². The van der Waals surface area contributed by atoms with Gasteiger partial charge in [-0.25, -0.2) is 0 Å². The van der Waals surface area contributed by atoms with E-state index >= 15 is 0 Å². The molecule has 0 radical (unpaired) electrons. The van der Waals surface area contributed by atoms with Crippen molar-refractivity contribution in [3.05, 3.63) is 206 Å². The summed E-state index contributed by atoms with van der Waals surface area (Å²) < 4.78 is 2.40. The van der Waals surface area contributed by atoms with Crippen LogP contribution >= 0.6 is 0 Å². The fraction of sp³-hybridized carbons (Fsp3) is 0. The Labute approximate surface area is 292 Å². The summed E-state index contributed by atoms with van der Waals surface area (Å²) in [4.78, 5) is 2.37. The normalized spacial score (nSPS) is 11.2. The van der Waals surface area contributed by atoms with Crippen molar-refractivity contribution in [2.75, 3.05) is 4.90 Å². The van der Waals surface area contributed by atoms with Crippen molar-refractivity contribution >= 4 is 38.9 Å². The van der Waals surface area contributed by atoms with E-state index in [1.165, 1.54) is 55.2 Å². The Morgan fingerprint density at radius 1 is 0.320 bits per heavy atom. The lowest BCUT2D eigenvalue weighted by atomic mass is 9.96. The molecule has 0 saturated heterocycles. The number of para-hydroxylation sites is 2. The van der Waals surface area contributed by atoms with Crippen LogP contribution in [0.3, 0.4) is 0 Å². The Bertz CT molecular complexity index is 2550. The second-order valence-electron chi connectivity index (χ2n) is 12.6. The van der Waals surface area contributed by atoms with Crippen molar-refractivity contribution in [1.29, 1.82) is 0 Å². The smallest absolute Gasteiger partial charge is 0.0547 e. The van der Waals surface area contributed by atoms with E-state index in [2.05, 4.69) is 216 Å². The van der Waals surface area contributed by atoms with Crippen molar-refractivity contribution in [2.45, 2.75) is 0 Å². The zero-order chi connectivity index (χ0) is 33.3. The molecule has 0 aliphatic carbocycles. The highest BCUT2D eigenvalue weighted by Gasteiger charge is 2.20. The highest BCUT2D eigenvalue weighted by atomic mass is 15.1. The molecule has 0 spiro atoms. The molecule has 1 heterocycles. The number of rotatable bonds is 7. The van der Waals surface area contributed by atoms with Gasteiger partial charge in [0.25, 0.3) is 0 Å². The lowest BCUT2D eigenvalue weighted by molar-refractivity contribution is 1.18. The van der Waals surface area contributed by atoms with Gasteiger partial charge in [0.05, 0.1) is 11.0 Å². The topological polar surface area (TPSA) is 8.17 Å². The van der Waals surface area contributed by atoms with Gasteiger partial charge < -0.3 is 9.47 Å². The molecular formula is C48H34N2. The molecule has 0 bridgehead atoms. The Morgan fingerprint density at radius 3 is 1.54 bits per heavy atom. The molecule has 50 heavy (non-hydrogen) atoms. The molecule has 2 heteroatoms. The fourth-order valence-electron chi connectivity index (χ4n) is 7.25. The summed E-state index contributed by atoms with van der Waals surface area (Å²) in [5.74, 6) is 0. The minimum absolute atomic E-state index is 1.11. The second-order valence-corrected chi connectivity index (χ2v) is 12.6. The third-order valence-electron chi connectivity index (χ3n) is 9.58. The van der Waals surface area contributed by atoms with Crippen LogP contribution in [-0.2, 0) is 0 Å². The Hall–Kier alpha value is -6.64. The Morgan fingerprint density at radius 2 is 0.840 bits per heavy atom. The van der Waals surface area contributed by atoms with Crippen LogP contribution in [-0.4, -0.2) is 4.57 Å². The number of nitrogens with zero attached hydrogens (tertiary/aromatic N) is 2. The van der Waals surface area contributed by atoms with Gasteiger partial charge in [0.1, 0.15) is 0 Å². The summed E-state index contributed by atoms with van der Waals surface area (Å²) >= 11 is 0. The summed E-state index contributed by atoms with van der Waals surface area (Å²) in [6.45, 7) is 0. The van der Waals surface area contributed by atoms with Crippen molar-refractivity contribution in [3.63, 3.8) is 0 Å². The van der Waals surface area contributed by atoms with Gasteiger partial charge in [-0.15, -0.1) is 0 Å². The largest absolute Gasteiger partial charge is 0.310 e. The number of hydrogen-bond acceptors (Lipinski definition) is 1. The van der Waals surface area contributed by atoms with Crippen LogP contribution < -0.4 is 4.90 Å². The van der Waals surface area contributed by atoms with Crippen LogP contribution in [0.2, 0.25) is 0 Å². The minimum atomic E-state index is 1.11. The molecule has 9 rings (SSSR count). The maximum absolute atomic E-state index is 2.40.